The Labute approximate surface area is 119 Å². The number of ketones is 1. The van der Waals surface area contributed by atoms with E-state index in [1.807, 2.05) is 18.2 Å². The number of aliphatic hydroxyl groups excluding tert-OH is 1. The number of ether oxygens (including phenoxy) is 1. The van der Waals surface area contributed by atoms with Crippen molar-refractivity contribution >= 4 is 11.5 Å². The summed E-state index contributed by atoms with van der Waals surface area (Å²) in [5, 5.41) is 12.6. The van der Waals surface area contributed by atoms with Gasteiger partial charge < -0.3 is 15.2 Å². The number of nitrogens with one attached hydrogen (secondary N) is 1. The van der Waals surface area contributed by atoms with Crippen LogP contribution in [0.2, 0.25) is 0 Å². The normalized spacial score (nSPS) is 27.6. The largest absolute Gasteiger partial charge is 0.396 e. The van der Waals surface area contributed by atoms with E-state index in [2.05, 4.69) is 5.32 Å². The van der Waals surface area contributed by atoms with Crippen molar-refractivity contribution in [2.45, 2.75) is 38.3 Å². The lowest BCUT2D eigenvalue weighted by atomic mass is 9.81. The highest BCUT2D eigenvalue weighted by molar-refractivity contribution is 5.94. The molecule has 0 saturated carbocycles. The third kappa shape index (κ3) is 2.34. The van der Waals surface area contributed by atoms with Gasteiger partial charge in [0, 0.05) is 42.0 Å². The highest BCUT2D eigenvalue weighted by atomic mass is 16.5. The van der Waals surface area contributed by atoms with E-state index in [9.17, 15) is 4.79 Å². The molecular formula is C16H21NO3. The minimum Gasteiger partial charge on any atom is -0.396 e. The smallest absolute Gasteiger partial charge is 0.159 e. The van der Waals surface area contributed by atoms with Gasteiger partial charge in [-0.3, -0.25) is 4.79 Å². The number of fused-ring (bicyclic) bond motifs is 3. The molecule has 1 aromatic rings. The van der Waals surface area contributed by atoms with E-state index in [-0.39, 0.29) is 18.5 Å². The summed E-state index contributed by atoms with van der Waals surface area (Å²) in [5.74, 6) is 0.529. The van der Waals surface area contributed by atoms with E-state index in [1.54, 1.807) is 6.92 Å². The van der Waals surface area contributed by atoms with E-state index in [4.69, 9.17) is 9.84 Å². The number of aliphatic hydroxyl groups is 1. The zero-order chi connectivity index (χ0) is 14.1. The van der Waals surface area contributed by atoms with Gasteiger partial charge >= 0.3 is 0 Å². The lowest BCUT2D eigenvalue weighted by Gasteiger charge is -2.36. The van der Waals surface area contributed by atoms with Gasteiger partial charge in [0.1, 0.15) is 0 Å². The van der Waals surface area contributed by atoms with Crippen LogP contribution in [0.25, 0.3) is 0 Å². The molecule has 0 aromatic heterocycles. The maximum atomic E-state index is 11.5. The molecule has 2 N–H and O–H groups in total. The fraction of sp³-hybridized carbons (Fsp3) is 0.562. The Kier molecular flexibility index (Phi) is 3.76. The molecule has 1 aromatic carbocycles. The van der Waals surface area contributed by atoms with Crippen LogP contribution in [0.3, 0.4) is 0 Å². The first-order valence-corrected chi connectivity index (χ1v) is 7.34. The molecule has 4 nitrogen and oxygen atoms in total. The molecule has 0 aliphatic carbocycles. The van der Waals surface area contributed by atoms with Crippen molar-refractivity contribution in [3.05, 3.63) is 29.3 Å². The van der Waals surface area contributed by atoms with Gasteiger partial charge in [-0.1, -0.05) is 0 Å². The fourth-order valence-electron chi connectivity index (χ4n) is 3.39. The molecule has 1 saturated heterocycles. The van der Waals surface area contributed by atoms with Crippen LogP contribution >= 0.6 is 0 Å². The van der Waals surface area contributed by atoms with Gasteiger partial charge in [-0.25, -0.2) is 0 Å². The molecule has 3 unspecified atom stereocenters. The Morgan fingerprint density at radius 2 is 2.35 bits per heavy atom. The zero-order valence-electron chi connectivity index (χ0n) is 11.8. The number of Topliss-reactive ketones (excluding diaryl/α,β-unsaturated/α-hetero) is 1. The van der Waals surface area contributed by atoms with Crippen molar-refractivity contribution in [1.29, 1.82) is 0 Å². The van der Waals surface area contributed by atoms with E-state index in [0.717, 1.165) is 42.7 Å². The summed E-state index contributed by atoms with van der Waals surface area (Å²) in [4.78, 5) is 11.5. The molecule has 0 amide bonds. The van der Waals surface area contributed by atoms with Crippen molar-refractivity contribution in [3.8, 4) is 0 Å². The molecular weight excluding hydrogens is 254 g/mol. The number of hydrogen-bond acceptors (Lipinski definition) is 4. The maximum Gasteiger partial charge on any atom is 0.159 e. The van der Waals surface area contributed by atoms with Crippen LogP contribution in [-0.4, -0.2) is 30.1 Å². The van der Waals surface area contributed by atoms with Crippen LogP contribution in [0.15, 0.2) is 18.2 Å². The number of anilines is 1. The number of rotatable bonds is 4. The predicted octanol–water partition coefficient (Wildman–Crippen LogP) is 2.53. The van der Waals surface area contributed by atoms with E-state index in [0.29, 0.717) is 12.0 Å². The Morgan fingerprint density at radius 3 is 3.10 bits per heavy atom. The SMILES string of the molecule is CC(=O)c1ccc2c(c1)C1OCCC1C(CCCO)N2. The average molecular weight is 275 g/mol. The Balaban J connectivity index is 1.92. The molecule has 3 atom stereocenters. The first-order chi connectivity index (χ1) is 9.70. The molecule has 4 heteroatoms. The zero-order valence-corrected chi connectivity index (χ0v) is 11.8. The van der Waals surface area contributed by atoms with Crippen molar-refractivity contribution in [1.82, 2.24) is 0 Å². The van der Waals surface area contributed by atoms with Gasteiger partial charge in [0.25, 0.3) is 0 Å². The third-order valence-corrected chi connectivity index (χ3v) is 4.43. The number of carbonyl (C=O) groups excluding carboxylic acids is 1. The van der Waals surface area contributed by atoms with Gasteiger partial charge in [0.05, 0.1) is 6.10 Å². The summed E-state index contributed by atoms with van der Waals surface area (Å²) >= 11 is 0. The average Bonchev–Trinajstić information content (AvgIpc) is 2.94. The van der Waals surface area contributed by atoms with Gasteiger partial charge in [0.15, 0.2) is 5.78 Å². The Bertz CT molecular complexity index is 514. The Hall–Kier alpha value is -1.39. The molecule has 20 heavy (non-hydrogen) atoms. The van der Waals surface area contributed by atoms with Gasteiger partial charge in [-0.05, 0) is 44.4 Å². The van der Waals surface area contributed by atoms with Crippen LogP contribution in [0.5, 0.6) is 0 Å². The maximum absolute atomic E-state index is 11.5. The topological polar surface area (TPSA) is 58.6 Å². The second kappa shape index (κ2) is 5.54. The second-order valence-electron chi connectivity index (χ2n) is 5.72. The summed E-state index contributed by atoms with van der Waals surface area (Å²) in [6.45, 7) is 2.60. The number of carbonyl (C=O) groups is 1. The molecule has 0 bridgehead atoms. The number of benzene rings is 1. The molecule has 1 fully saturated rings. The van der Waals surface area contributed by atoms with Gasteiger partial charge in [0.2, 0.25) is 0 Å². The molecule has 2 aliphatic rings. The molecule has 3 rings (SSSR count). The fourth-order valence-corrected chi connectivity index (χ4v) is 3.39. The van der Waals surface area contributed by atoms with Gasteiger partial charge in [-0.2, -0.15) is 0 Å². The summed E-state index contributed by atoms with van der Waals surface area (Å²) in [6.07, 6.45) is 2.89. The van der Waals surface area contributed by atoms with Crippen LogP contribution in [0, 0.1) is 5.92 Å². The van der Waals surface area contributed by atoms with Crippen molar-refractivity contribution < 1.29 is 14.6 Å². The summed E-state index contributed by atoms with van der Waals surface area (Å²) in [6, 6.07) is 6.17. The molecule has 108 valence electrons. The van der Waals surface area contributed by atoms with Crippen molar-refractivity contribution in [2.24, 2.45) is 5.92 Å². The molecule has 0 spiro atoms. The predicted molar refractivity (Wildman–Crippen MR) is 77.0 cm³/mol. The van der Waals surface area contributed by atoms with Crippen LogP contribution in [0.4, 0.5) is 5.69 Å². The monoisotopic (exact) mass is 275 g/mol. The molecule has 2 heterocycles. The summed E-state index contributed by atoms with van der Waals surface area (Å²) in [7, 11) is 0. The minimum absolute atomic E-state index is 0.0877. The first-order valence-electron chi connectivity index (χ1n) is 7.34. The highest BCUT2D eigenvalue weighted by Crippen LogP contribution is 2.45. The molecule has 0 radical (unpaired) electrons. The first kappa shape index (κ1) is 13.6. The van der Waals surface area contributed by atoms with Crippen LogP contribution in [-0.2, 0) is 4.74 Å². The highest BCUT2D eigenvalue weighted by Gasteiger charge is 2.40. The molecule has 2 aliphatic heterocycles. The van der Waals surface area contributed by atoms with Crippen molar-refractivity contribution in [2.75, 3.05) is 18.5 Å². The van der Waals surface area contributed by atoms with E-state index in [1.165, 1.54) is 0 Å². The standard InChI is InChI=1S/C16H21NO3/c1-10(19)11-4-5-15-13(9-11)16-12(6-8-20-16)14(17-15)3-2-7-18/h4-5,9,12,14,16-18H,2-3,6-8H2,1H3. The quantitative estimate of drug-likeness (QED) is 0.829. The lowest BCUT2D eigenvalue weighted by molar-refractivity contribution is 0.0812. The third-order valence-electron chi connectivity index (χ3n) is 4.43. The van der Waals surface area contributed by atoms with E-state index >= 15 is 0 Å². The van der Waals surface area contributed by atoms with Crippen LogP contribution < -0.4 is 5.32 Å². The lowest BCUT2D eigenvalue weighted by Crippen LogP contribution is -2.36. The summed E-state index contributed by atoms with van der Waals surface area (Å²) < 4.78 is 5.91. The van der Waals surface area contributed by atoms with Crippen molar-refractivity contribution in [3.63, 3.8) is 0 Å². The minimum atomic E-state index is 0.0877. The second-order valence-corrected chi connectivity index (χ2v) is 5.72. The number of hydrogen-bond donors (Lipinski definition) is 2. The Morgan fingerprint density at radius 1 is 1.50 bits per heavy atom. The van der Waals surface area contributed by atoms with Gasteiger partial charge in [-0.15, -0.1) is 0 Å². The summed E-state index contributed by atoms with van der Waals surface area (Å²) in [5.41, 5.74) is 2.93. The van der Waals surface area contributed by atoms with E-state index < -0.39 is 0 Å². The van der Waals surface area contributed by atoms with Crippen LogP contribution in [0.1, 0.15) is 48.2 Å².